The molecule has 2 rings (SSSR count). The number of hydrogen-bond donors (Lipinski definition) is 2. The van der Waals surface area contributed by atoms with Crippen molar-refractivity contribution in [3.63, 3.8) is 0 Å². The molecule has 0 spiro atoms. The van der Waals surface area contributed by atoms with E-state index in [-0.39, 0.29) is 23.4 Å². The summed E-state index contributed by atoms with van der Waals surface area (Å²) in [5.41, 5.74) is 0. The zero-order chi connectivity index (χ0) is 14.7. The molecule has 5 nitrogen and oxygen atoms in total. The first kappa shape index (κ1) is 15.8. The van der Waals surface area contributed by atoms with Crippen LogP contribution < -0.4 is 5.32 Å². The molecule has 20 heavy (non-hydrogen) atoms. The van der Waals surface area contributed by atoms with E-state index in [0.29, 0.717) is 5.75 Å². The van der Waals surface area contributed by atoms with Crippen molar-refractivity contribution in [3.05, 3.63) is 0 Å². The largest absolute Gasteiger partial charge is 0.480 e. The van der Waals surface area contributed by atoms with E-state index in [0.717, 1.165) is 24.3 Å². The lowest BCUT2D eigenvalue weighted by Gasteiger charge is -2.32. The van der Waals surface area contributed by atoms with Gasteiger partial charge in [0.05, 0.1) is 5.37 Å². The zero-order valence-corrected chi connectivity index (χ0v) is 13.5. The van der Waals surface area contributed by atoms with Gasteiger partial charge in [-0.05, 0) is 24.5 Å². The van der Waals surface area contributed by atoms with E-state index in [1.807, 2.05) is 25.6 Å². The molecule has 0 bridgehead atoms. The fourth-order valence-corrected chi connectivity index (χ4v) is 5.14. The number of carboxylic acid groups (broad SMARTS) is 1. The second kappa shape index (κ2) is 6.93. The quantitative estimate of drug-likeness (QED) is 0.834. The van der Waals surface area contributed by atoms with Crippen LogP contribution in [-0.2, 0) is 4.79 Å². The normalized spacial score (nSPS) is 30.6. The minimum Gasteiger partial charge on any atom is -0.480 e. The summed E-state index contributed by atoms with van der Waals surface area (Å²) in [6.07, 6.45) is 2.10. The van der Waals surface area contributed by atoms with Crippen LogP contribution in [0.25, 0.3) is 0 Å². The predicted molar refractivity (Wildman–Crippen MR) is 83.2 cm³/mol. The van der Waals surface area contributed by atoms with Crippen molar-refractivity contribution in [1.29, 1.82) is 0 Å². The van der Waals surface area contributed by atoms with Crippen LogP contribution in [0.4, 0.5) is 4.79 Å². The monoisotopic (exact) mass is 318 g/mol. The summed E-state index contributed by atoms with van der Waals surface area (Å²) >= 11 is 3.41. The molecular formula is C13H22N2O3S2. The van der Waals surface area contributed by atoms with Crippen LogP contribution in [0.3, 0.4) is 0 Å². The van der Waals surface area contributed by atoms with Gasteiger partial charge in [-0.25, -0.2) is 9.59 Å². The van der Waals surface area contributed by atoms with Crippen LogP contribution in [-0.4, -0.2) is 56.7 Å². The third-order valence-corrected chi connectivity index (χ3v) is 6.45. The summed E-state index contributed by atoms with van der Waals surface area (Å²) in [6, 6.07) is -0.744. The van der Waals surface area contributed by atoms with Crippen molar-refractivity contribution < 1.29 is 14.7 Å². The molecule has 0 radical (unpaired) electrons. The van der Waals surface area contributed by atoms with Gasteiger partial charge in [0, 0.05) is 17.5 Å². The number of rotatable bonds is 3. The predicted octanol–water partition coefficient (Wildman–Crippen LogP) is 2.08. The number of carbonyl (C=O) groups is 2. The molecule has 0 aromatic heterocycles. The van der Waals surface area contributed by atoms with Gasteiger partial charge in [0.2, 0.25) is 0 Å². The van der Waals surface area contributed by atoms with Gasteiger partial charge in [0.1, 0.15) is 6.04 Å². The topological polar surface area (TPSA) is 69.6 Å². The Kier molecular flexibility index (Phi) is 5.49. The van der Waals surface area contributed by atoms with Gasteiger partial charge >= 0.3 is 12.0 Å². The number of aliphatic carboxylic acids is 1. The Balaban J connectivity index is 2.04. The van der Waals surface area contributed by atoms with Crippen molar-refractivity contribution in [3.8, 4) is 0 Å². The second-order valence-electron chi connectivity index (χ2n) is 5.59. The lowest BCUT2D eigenvalue weighted by Crippen LogP contribution is -2.54. The first-order valence-electron chi connectivity index (χ1n) is 7.01. The fourth-order valence-electron chi connectivity index (χ4n) is 2.59. The minimum atomic E-state index is -0.909. The number of urea groups is 1. The highest BCUT2D eigenvalue weighted by molar-refractivity contribution is 8.00. The SMILES string of the molecule is CC(C)C1SCC(C(=O)O)N1C(=O)NC1CCCSC1. The van der Waals surface area contributed by atoms with Crippen molar-refractivity contribution in [2.24, 2.45) is 5.92 Å². The summed E-state index contributed by atoms with van der Waals surface area (Å²) in [5.74, 6) is 1.89. The molecule has 0 saturated carbocycles. The van der Waals surface area contributed by atoms with Crippen LogP contribution in [0.1, 0.15) is 26.7 Å². The van der Waals surface area contributed by atoms with Crippen LogP contribution in [0.5, 0.6) is 0 Å². The number of hydrogen-bond acceptors (Lipinski definition) is 4. The number of amides is 2. The standard InChI is InChI=1S/C13H22N2O3S2/c1-8(2)11-15(10(7-20-11)12(16)17)13(18)14-9-4-3-5-19-6-9/h8-11H,3-7H2,1-2H3,(H,14,18)(H,16,17). The maximum atomic E-state index is 12.5. The number of thioether (sulfide) groups is 2. The Bertz CT molecular complexity index is 373. The Labute approximate surface area is 128 Å². The smallest absolute Gasteiger partial charge is 0.327 e. The summed E-state index contributed by atoms with van der Waals surface area (Å²) < 4.78 is 0. The van der Waals surface area contributed by atoms with Gasteiger partial charge < -0.3 is 10.4 Å². The number of carboxylic acids is 1. The Morgan fingerprint density at radius 1 is 1.35 bits per heavy atom. The molecule has 3 atom stereocenters. The average molecular weight is 318 g/mol. The molecule has 2 fully saturated rings. The van der Waals surface area contributed by atoms with Crippen LogP contribution in [0, 0.1) is 5.92 Å². The molecule has 2 N–H and O–H groups in total. The highest BCUT2D eigenvalue weighted by Crippen LogP contribution is 2.34. The minimum absolute atomic E-state index is 0.0488. The fraction of sp³-hybridized carbons (Fsp3) is 0.846. The molecule has 3 unspecified atom stereocenters. The van der Waals surface area contributed by atoms with Crippen LogP contribution in [0.15, 0.2) is 0 Å². The second-order valence-corrected chi connectivity index (χ2v) is 7.89. The molecule has 114 valence electrons. The Morgan fingerprint density at radius 2 is 2.10 bits per heavy atom. The highest BCUT2D eigenvalue weighted by atomic mass is 32.2. The Hall–Kier alpha value is -0.560. The molecular weight excluding hydrogens is 296 g/mol. The molecule has 7 heteroatoms. The third kappa shape index (κ3) is 3.55. The van der Waals surface area contributed by atoms with Gasteiger partial charge in [-0.2, -0.15) is 11.8 Å². The van der Waals surface area contributed by atoms with Crippen LogP contribution >= 0.6 is 23.5 Å². The highest BCUT2D eigenvalue weighted by Gasteiger charge is 2.43. The van der Waals surface area contributed by atoms with Gasteiger partial charge in [0.25, 0.3) is 0 Å². The molecule has 0 aliphatic carbocycles. The first-order chi connectivity index (χ1) is 9.50. The van der Waals surface area contributed by atoms with Crippen molar-refractivity contribution >= 4 is 35.5 Å². The lowest BCUT2D eigenvalue weighted by atomic mass is 10.1. The van der Waals surface area contributed by atoms with Crippen molar-refractivity contribution in [1.82, 2.24) is 10.2 Å². The molecule has 0 aromatic carbocycles. The number of nitrogens with zero attached hydrogens (tertiary/aromatic N) is 1. The molecule has 2 heterocycles. The Morgan fingerprint density at radius 3 is 2.65 bits per heavy atom. The summed E-state index contributed by atoms with van der Waals surface area (Å²) in [7, 11) is 0. The van der Waals surface area contributed by atoms with Gasteiger partial charge in [-0.1, -0.05) is 13.8 Å². The molecule has 2 aliphatic heterocycles. The van der Waals surface area contributed by atoms with Crippen molar-refractivity contribution in [2.45, 2.75) is 44.1 Å². The van der Waals surface area contributed by atoms with E-state index in [9.17, 15) is 14.7 Å². The van der Waals surface area contributed by atoms with Gasteiger partial charge in [-0.15, -0.1) is 11.8 Å². The van der Waals surface area contributed by atoms with E-state index in [4.69, 9.17) is 0 Å². The number of nitrogens with one attached hydrogen (secondary N) is 1. The van der Waals surface area contributed by atoms with E-state index in [2.05, 4.69) is 5.32 Å². The number of carbonyl (C=O) groups excluding carboxylic acids is 1. The van der Waals surface area contributed by atoms with Crippen LogP contribution in [0.2, 0.25) is 0 Å². The van der Waals surface area contributed by atoms with E-state index in [1.165, 1.54) is 4.90 Å². The van der Waals surface area contributed by atoms with E-state index >= 15 is 0 Å². The van der Waals surface area contributed by atoms with Crippen molar-refractivity contribution in [2.75, 3.05) is 17.3 Å². The molecule has 2 amide bonds. The molecule has 2 saturated heterocycles. The summed E-state index contributed by atoms with van der Waals surface area (Å²) in [4.78, 5) is 25.3. The maximum Gasteiger partial charge on any atom is 0.327 e. The van der Waals surface area contributed by atoms with E-state index in [1.54, 1.807) is 11.8 Å². The maximum absolute atomic E-state index is 12.5. The summed E-state index contributed by atoms with van der Waals surface area (Å²) in [6.45, 7) is 4.05. The van der Waals surface area contributed by atoms with E-state index < -0.39 is 12.0 Å². The van der Waals surface area contributed by atoms with Gasteiger partial charge in [-0.3, -0.25) is 4.90 Å². The summed E-state index contributed by atoms with van der Waals surface area (Å²) in [5, 5.41) is 12.3. The lowest BCUT2D eigenvalue weighted by molar-refractivity contribution is -0.141. The first-order valence-corrected chi connectivity index (χ1v) is 9.22. The third-order valence-electron chi connectivity index (χ3n) is 3.61. The molecule has 0 aromatic rings. The zero-order valence-electron chi connectivity index (χ0n) is 11.9. The molecule has 2 aliphatic rings. The average Bonchev–Trinajstić information content (AvgIpc) is 2.84. The van der Waals surface area contributed by atoms with Gasteiger partial charge in [0.15, 0.2) is 0 Å².